The molecule has 0 saturated heterocycles. The van der Waals surface area contributed by atoms with Crippen LogP contribution in [0.2, 0.25) is 10.0 Å². The van der Waals surface area contributed by atoms with E-state index in [1.165, 1.54) is 10.6 Å². The van der Waals surface area contributed by atoms with Crippen LogP contribution in [0.5, 0.6) is 0 Å². The highest BCUT2D eigenvalue weighted by molar-refractivity contribution is 7.92. The molecule has 186 valence electrons. The maximum Gasteiger partial charge on any atom is 0.264 e. The van der Waals surface area contributed by atoms with Crippen LogP contribution in [-0.4, -0.2) is 25.8 Å². The van der Waals surface area contributed by atoms with Crippen LogP contribution in [-0.2, 0) is 23.1 Å². The quantitative estimate of drug-likeness (QED) is 0.237. The van der Waals surface area contributed by atoms with Crippen LogP contribution in [0.15, 0.2) is 101 Å². The molecule has 1 amide bonds. The Morgan fingerprint density at radius 1 is 0.889 bits per heavy atom. The third-order valence-corrected chi connectivity index (χ3v) is 8.08. The van der Waals surface area contributed by atoms with Crippen LogP contribution < -0.4 is 4.31 Å². The molecule has 0 spiro atoms. The largest absolute Gasteiger partial charge is 0.467 e. The highest BCUT2D eigenvalue weighted by Crippen LogP contribution is 2.31. The number of sulfonamides is 1. The van der Waals surface area contributed by atoms with Crippen molar-refractivity contribution in [2.75, 3.05) is 10.8 Å². The van der Waals surface area contributed by atoms with Gasteiger partial charge in [-0.2, -0.15) is 0 Å². The Morgan fingerprint density at radius 3 is 2.28 bits per heavy atom. The summed E-state index contributed by atoms with van der Waals surface area (Å²) >= 11 is 12.7. The van der Waals surface area contributed by atoms with Gasteiger partial charge in [-0.1, -0.05) is 53.5 Å². The first kappa shape index (κ1) is 25.8. The second-order valence-electron chi connectivity index (χ2n) is 7.98. The molecule has 0 aliphatic rings. The summed E-state index contributed by atoms with van der Waals surface area (Å²) in [6.45, 7) is 2.17. The fraction of sp³-hybridized carbons (Fsp3) is 0.148. The molecule has 0 aliphatic carbocycles. The minimum Gasteiger partial charge on any atom is -0.467 e. The van der Waals surface area contributed by atoms with Crippen LogP contribution in [0.25, 0.3) is 0 Å². The Bertz CT molecular complexity index is 1440. The second kappa shape index (κ2) is 11.2. The van der Waals surface area contributed by atoms with Crippen molar-refractivity contribution in [3.63, 3.8) is 0 Å². The predicted octanol–water partition coefficient (Wildman–Crippen LogP) is 6.64. The van der Waals surface area contributed by atoms with Gasteiger partial charge in [0.25, 0.3) is 15.9 Å². The number of anilines is 1. The van der Waals surface area contributed by atoms with Gasteiger partial charge in [-0.3, -0.25) is 9.10 Å². The molecule has 1 heterocycles. The van der Waals surface area contributed by atoms with E-state index in [0.29, 0.717) is 32.6 Å². The number of carbonyl (C=O) groups is 1. The SMILES string of the molecule is CCN(c1ccc(Cl)cc1CN(Cc1ccco1)C(=O)c1ccccc1Cl)S(=O)(=O)c1ccccc1. The zero-order chi connectivity index (χ0) is 25.7. The zero-order valence-electron chi connectivity index (χ0n) is 19.5. The van der Waals surface area contributed by atoms with E-state index >= 15 is 0 Å². The molecule has 4 rings (SSSR count). The summed E-state index contributed by atoms with van der Waals surface area (Å²) in [5, 5.41) is 0.741. The maximum absolute atomic E-state index is 13.6. The average Bonchev–Trinajstić information content (AvgIpc) is 3.39. The fourth-order valence-electron chi connectivity index (χ4n) is 3.91. The molecule has 0 atom stereocenters. The molecule has 0 aliphatic heterocycles. The molecule has 4 aromatic rings. The number of nitrogens with zero attached hydrogens (tertiary/aromatic N) is 2. The van der Waals surface area contributed by atoms with Crippen molar-refractivity contribution in [1.29, 1.82) is 0 Å². The molecule has 0 N–H and O–H groups in total. The molecule has 6 nitrogen and oxygen atoms in total. The van der Waals surface area contributed by atoms with E-state index in [1.807, 2.05) is 0 Å². The average molecular weight is 543 g/mol. The Balaban J connectivity index is 1.77. The fourth-order valence-corrected chi connectivity index (χ4v) is 5.86. The van der Waals surface area contributed by atoms with Gasteiger partial charge in [0.1, 0.15) is 5.76 Å². The minimum atomic E-state index is -3.86. The van der Waals surface area contributed by atoms with Crippen LogP contribution in [0.4, 0.5) is 5.69 Å². The monoisotopic (exact) mass is 542 g/mol. The topological polar surface area (TPSA) is 70.8 Å². The van der Waals surface area contributed by atoms with Crippen LogP contribution in [0.1, 0.15) is 28.6 Å². The van der Waals surface area contributed by atoms with E-state index in [1.54, 1.807) is 96.8 Å². The Labute approximate surface area is 220 Å². The summed E-state index contributed by atoms with van der Waals surface area (Å²) in [6, 6.07) is 23.5. The number of hydrogen-bond donors (Lipinski definition) is 0. The summed E-state index contributed by atoms with van der Waals surface area (Å²) in [7, 11) is -3.86. The van der Waals surface area contributed by atoms with Crippen molar-refractivity contribution < 1.29 is 17.6 Å². The summed E-state index contributed by atoms with van der Waals surface area (Å²) in [6.07, 6.45) is 1.53. The van der Waals surface area contributed by atoms with E-state index in [2.05, 4.69) is 0 Å². The number of carbonyl (C=O) groups excluding carboxylic acids is 1. The molecule has 0 bridgehead atoms. The molecule has 0 unspecified atom stereocenters. The van der Waals surface area contributed by atoms with Crippen LogP contribution >= 0.6 is 23.2 Å². The van der Waals surface area contributed by atoms with Gasteiger partial charge < -0.3 is 9.32 Å². The van der Waals surface area contributed by atoms with E-state index < -0.39 is 10.0 Å². The lowest BCUT2D eigenvalue weighted by Crippen LogP contribution is -2.34. The Hall–Kier alpha value is -3.26. The number of rotatable bonds is 9. The number of hydrogen-bond acceptors (Lipinski definition) is 4. The third kappa shape index (κ3) is 5.59. The van der Waals surface area contributed by atoms with E-state index in [4.69, 9.17) is 27.6 Å². The zero-order valence-corrected chi connectivity index (χ0v) is 21.8. The number of furan rings is 1. The third-order valence-electron chi connectivity index (χ3n) is 5.61. The minimum absolute atomic E-state index is 0.0709. The maximum atomic E-state index is 13.6. The first-order valence-corrected chi connectivity index (χ1v) is 13.4. The number of amides is 1. The normalized spacial score (nSPS) is 11.3. The van der Waals surface area contributed by atoms with Crippen molar-refractivity contribution >= 4 is 44.8 Å². The molecular weight excluding hydrogens is 519 g/mol. The van der Waals surface area contributed by atoms with Gasteiger partial charge in [0.05, 0.1) is 34.0 Å². The van der Waals surface area contributed by atoms with Crippen molar-refractivity contribution in [3.05, 3.63) is 118 Å². The van der Waals surface area contributed by atoms with Gasteiger partial charge in [0.2, 0.25) is 0 Å². The highest BCUT2D eigenvalue weighted by atomic mass is 35.5. The predicted molar refractivity (Wildman–Crippen MR) is 142 cm³/mol. The summed E-state index contributed by atoms with van der Waals surface area (Å²) in [4.78, 5) is 15.3. The van der Waals surface area contributed by atoms with Gasteiger partial charge in [-0.05, 0) is 67.1 Å². The first-order valence-electron chi connectivity index (χ1n) is 11.2. The molecular formula is C27H24Cl2N2O4S. The lowest BCUT2D eigenvalue weighted by atomic mass is 10.1. The van der Waals surface area contributed by atoms with Crippen molar-refractivity contribution in [2.24, 2.45) is 0 Å². The lowest BCUT2D eigenvalue weighted by Gasteiger charge is -2.28. The Morgan fingerprint density at radius 2 is 1.61 bits per heavy atom. The highest BCUT2D eigenvalue weighted by Gasteiger charge is 2.27. The van der Waals surface area contributed by atoms with E-state index in [9.17, 15) is 13.2 Å². The molecule has 0 saturated carbocycles. The van der Waals surface area contributed by atoms with Crippen LogP contribution in [0, 0.1) is 0 Å². The number of halogens is 2. The standard InChI is InChI=1S/C27H24Cl2N2O4S/c1-2-31(36(33,34)23-10-4-3-5-11-23)26-15-14-21(28)17-20(26)18-30(19-22-9-8-16-35-22)27(32)24-12-6-7-13-25(24)29/h3-17H,2,18-19H2,1H3. The smallest absolute Gasteiger partial charge is 0.264 e. The first-order chi connectivity index (χ1) is 17.3. The molecule has 9 heteroatoms. The van der Waals surface area contributed by atoms with Crippen molar-refractivity contribution in [1.82, 2.24) is 4.90 Å². The molecule has 1 aromatic heterocycles. The van der Waals surface area contributed by atoms with Gasteiger partial charge in [0, 0.05) is 18.1 Å². The molecule has 3 aromatic carbocycles. The Kier molecular flexibility index (Phi) is 8.04. The number of benzene rings is 3. The van der Waals surface area contributed by atoms with Gasteiger partial charge in [-0.25, -0.2) is 8.42 Å². The van der Waals surface area contributed by atoms with Crippen LogP contribution in [0.3, 0.4) is 0 Å². The summed E-state index contributed by atoms with van der Waals surface area (Å²) in [5.41, 5.74) is 1.33. The van der Waals surface area contributed by atoms with Gasteiger partial charge in [-0.15, -0.1) is 0 Å². The van der Waals surface area contributed by atoms with E-state index in [-0.39, 0.29) is 30.4 Å². The summed E-state index contributed by atoms with van der Waals surface area (Å²) in [5.74, 6) is 0.250. The molecule has 36 heavy (non-hydrogen) atoms. The lowest BCUT2D eigenvalue weighted by molar-refractivity contribution is 0.0718. The summed E-state index contributed by atoms with van der Waals surface area (Å²) < 4.78 is 33.9. The second-order valence-corrected chi connectivity index (χ2v) is 10.7. The van der Waals surface area contributed by atoms with Gasteiger partial charge in [0.15, 0.2) is 0 Å². The molecule has 0 radical (unpaired) electrons. The molecule has 0 fully saturated rings. The van der Waals surface area contributed by atoms with E-state index in [0.717, 1.165) is 0 Å². The van der Waals surface area contributed by atoms with Gasteiger partial charge >= 0.3 is 0 Å². The van der Waals surface area contributed by atoms with Crippen molar-refractivity contribution in [2.45, 2.75) is 24.9 Å². The van der Waals surface area contributed by atoms with Crippen molar-refractivity contribution in [3.8, 4) is 0 Å².